The number of carbonyl (C=O) groups excluding carboxylic acids is 1. The highest BCUT2D eigenvalue weighted by molar-refractivity contribution is 9.09. The molecule has 0 amide bonds. The molecule has 0 N–H and O–H groups in total. The number of hydrogen-bond donors (Lipinski definition) is 0. The first-order chi connectivity index (χ1) is 5.85. The zero-order chi connectivity index (χ0) is 10.3. The quantitative estimate of drug-likeness (QED) is 0.567. The van der Waals surface area contributed by atoms with E-state index in [4.69, 9.17) is 4.74 Å². The van der Waals surface area contributed by atoms with E-state index in [0.717, 1.165) is 0 Å². The molecule has 1 aliphatic rings. The summed E-state index contributed by atoms with van der Waals surface area (Å²) in [7, 11) is 0. The third-order valence-electron chi connectivity index (χ3n) is 3.58. The number of hydrogen-bond acceptors (Lipinski definition) is 2. The summed E-state index contributed by atoms with van der Waals surface area (Å²) >= 11 is 3.23. The molecule has 0 aromatic carbocycles. The molecule has 0 bridgehead atoms. The van der Waals surface area contributed by atoms with E-state index >= 15 is 0 Å². The van der Waals surface area contributed by atoms with Crippen LogP contribution < -0.4 is 0 Å². The van der Waals surface area contributed by atoms with Crippen LogP contribution in [0.1, 0.15) is 27.7 Å². The third kappa shape index (κ3) is 1.63. The molecule has 2 nitrogen and oxygen atoms in total. The molecule has 1 fully saturated rings. The van der Waals surface area contributed by atoms with Crippen molar-refractivity contribution in [1.82, 2.24) is 0 Å². The van der Waals surface area contributed by atoms with Crippen molar-refractivity contribution < 1.29 is 9.53 Å². The molecule has 0 atom stereocenters. The van der Waals surface area contributed by atoms with Crippen molar-refractivity contribution in [2.45, 2.75) is 27.7 Å². The van der Waals surface area contributed by atoms with Crippen molar-refractivity contribution in [3.05, 3.63) is 0 Å². The zero-order valence-corrected chi connectivity index (χ0v) is 10.3. The first kappa shape index (κ1) is 11.0. The molecular formula is C10H17BrO2. The van der Waals surface area contributed by atoms with Crippen molar-refractivity contribution in [2.75, 3.05) is 11.9 Å². The molecule has 1 rings (SSSR count). The van der Waals surface area contributed by atoms with E-state index in [-0.39, 0.29) is 22.7 Å². The fraction of sp³-hybridized carbons (Fsp3) is 0.900. The summed E-state index contributed by atoms with van der Waals surface area (Å²) in [5.74, 6) is 0.0218. The van der Waals surface area contributed by atoms with Crippen LogP contribution in [-0.2, 0) is 9.53 Å². The zero-order valence-electron chi connectivity index (χ0n) is 8.69. The fourth-order valence-electron chi connectivity index (χ4n) is 2.01. The van der Waals surface area contributed by atoms with Crippen molar-refractivity contribution >= 4 is 21.9 Å². The van der Waals surface area contributed by atoms with Gasteiger partial charge in [0.05, 0.1) is 5.92 Å². The Hall–Kier alpha value is -0.0500. The summed E-state index contributed by atoms with van der Waals surface area (Å²) in [6.45, 7) is 8.95. The van der Waals surface area contributed by atoms with Crippen LogP contribution in [0.15, 0.2) is 0 Å². The summed E-state index contributed by atoms with van der Waals surface area (Å²) in [6, 6.07) is 0. The highest BCUT2D eigenvalue weighted by Crippen LogP contribution is 2.68. The molecule has 0 unspecified atom stereocenters. The normalized spacial score (nSPS) is 24.1. The van der Waals surface area contributed by atoms with Crippen molar-refractivity contribution in [3.8, 4) is 0 Å². The van der Waals surface area contributed by atoms with Gasteiger partial charge in [0.1, 0.15) is 6.61 Å². The maximum absolute atomic E-state index is 11.6. The topological polar surface area (TPSA) is 26.3 Å². The number of halogens is 1. The minimum atomic E-state index is -0.0468. The minimum absolute atomic E-state index is 0.0468. The molecule has 1 aliphatic carbocycles. The largest absolute Gasteiger partial charge is 0.465 e. The summed E-state index contributed by atoms with van der Waals surface area (Å²) in [5.41, 5.74) is 0.187. The number of carbonyl (C=O) groups is 1. The maximum Gasteiger partial charge on any atom is 0.310 e. The first-order valence-electron chi connectivity index (χ1n) is 4.58. The molecular weight excluding hydrogens is 232 g/mol. The SMILES string of the molecule is CC1(C)C(C(=O)OCCBr)C1(C)C. The van der Waals surface area contributed by atoms with Crippen LogP contribution in [0.25, 0.3) is 0 Å². The van der Waals surface area contributed by atoms with Gasteiger partial charge in [-0.1, -0.05) is 43.6 Å². The van der Waals surface area contributed by atoms with E-state index < -0.39 is 0 Å². The molecule has 0 aromatic rings. The molecule has 0 saturated heterocycles. The minimum Gasteiger partial charge on any atom is -0.465 e. The lowest BCUT2D eigenvalue weighted by Gasteiger charge is -2.03. The second-order valence-electron chi connectivity index (χ2n) is 4.73. The van der Waals surface area contributed by atoms with Gasteiger partial charge >= 0.3 is 5.97 Å². The predicted molar refractivity (Wildman–Crippen MR) is 55.8 cm³/mol. The summed E-state index contributed by atoms with van der Waals surface area (Å²) in [4.78, 5) is 11.6. The fourth-order valence-corrected chi connectivity index (χ4v) is 2.17. The van der Waals surface area contributed by atoms with Gasteiger partial charge in [0.15, 0.2) is 0 Å². The molecule has 13 heavy (non-hydrogen) atoms. The van der Waals surface area contributed by atoms with Crippen molar-refractivity contribution in [1.29, 1.82) is 0 Å². The van der Waals surface area contributed by atoms with Gasteiger partial charge in [-0.25, -0.2) is 0 Å². The Labute approximate surface area is 88.2 Å². The predicted octanol–water partition coefficient (Wildman–Crippen LogP) is 2.61. The van der Waals surface area contributed by atoms with Gasteiger partial charge in [-0.05, 0) is 10.8 Å². The number of alkyl halides is 1. The highest BCUT2D eigenvalue weighted by Gasteiger charge is 2.69. The Bertz CT molecular complexity index is 207. The van der Waals surface area contributed by atoms with Crippen LogP contribution in [0.2, 0.25) is 0 Å². The van der Waals surface area contributed by atoms with Crippen molar-refractivity contribution in [3.63, 3.8) is 0 Å². The van der Waals surface area contributed by atoms with Crippen LogP contribution in [0.4, 0.5) is 0 Å². The van der Waals surface area contributed by atoms with Gasteiger partial charge in [0.2, 0.25) is 0 Å². The van der Waals surface area contributed by atoms with E-state index in [1.54, 1.807) is 0 Å². The van der Waals surface area contributed by atoms with Gasteiger partial charge in [0, 0.05) is 5.33 Å². The average Bonchev–Trinajstić information content (AvgIpc) is 2.39. The van der Waals surface area contributed by atoms with E-state index in [9.17, 15) is 4.79 Å². The molecule has 0 aliphatic heterocycles. The lowest BCUT2D eigenvalue weighted by Crippen LogP contribution is -2.12. The number of rotatable bonds is 3. The number of esters is 1. The number of ether oxygens (including phenoxy) is 1. The molecule has 0 heterocycles. The van der Waals surface area contributed by atoms with E-state index in [2.05, 4.69) is 43.6 Å². The molecule has 0 spiro atoms. The van der Waals surface area contributed by atoms with Gasteiger partial charge in [0.25, 0.3) is 0 Å². The Morgan fingerprint density at radius 1 is 1.31 bits per heavy atom. The molecule has 0 aromatic heterocycles. The summed E-state index contributed by atoms with van der Waals surface area (Å²) in [6.07, 6.45) is 0. The van der Waals surface area contributed by atoms with Crippen LogP contribution in [0, 0.1) is 16.7 Å². The van der Waals surface area contributed by atoms with Gasteiger partial charge in [-0.2, -0.15) is 0 Å². The van der Waals surface area contributed by atoms with Gasteiger partial charge < -0.3 is 4.74 Å². The second kappa shape index (κ2) is 3.26. The standard InChI is InChI=1S/C10H17BrO2/c1-9(2)7(10(9,3)4)8(12)13-6-5-11/h7H,5-6H2,1-4H3. The van der Waals surface area contributed by atoms with Crippen LogP contribution in [0.5, 0.6) is 0 Å². The van der Waals surface area contributed by atoms with Crippen molar-refractivity contribution in [2.24, 2.45) is 16.7 Å². The lowest BCUT2D eigenvalue weighted by molar-refractivity contribution is -0.145. The molecule has 76 valence electrons. The van der Waals surface area contributed by atoms with E-state index in [1.807, 2.05) is 0 Å². The molecule has 1 saturated carbocycles. The smallest absolute Gasteiger partial charge is 0.310 e. The maximum atomic E-state index is 11.6. The summed E-state index contributed by atoms with van der Waals surface area (Å²) < 4.78 is 5.10. The third-order valence-corrected chi connectivity index (χ3v) is 3.90. The van der Waals surface area contributed by atoms with Crippen LogP contribution >= 0.6 is 15.9 Å². The molecule has 0 radical (unpaired) electrons. The average molecular weight is 249 g/mol. The van der Waals surface area contributed by atoms with E-state index in [0.29, 0.717) is 11.9 Å². The lowest BCUT2D eigenvalue weighted by atomic mass is 10.0. The summed E-state index contributed by atoms with van der Waals surface area (Å²) in [5, 5.41) is 0.715. The monoisotopic (exact) mass is 248 g/mol. The Kier molecular flexibility index (Phi) is 2.77. The van der Waals surface area contributed by atoms with E-state index in [1.165, 1.54) is 0 Å². The first-order valence-corrected chi connectivity index (χ1v) is 5.70. The highest BCUT2D eigenvalue weighted by atomic mass is 79.9. The Morgan fingerprint density at radius 2 is 1.77 bits per heavy atom. The van der Waals surface area contributed by atoms with Crippen LogP contribution in [0.3, 0.4) is 0 Å². The van der Waals surface area contributed by atoms with Gasteiger partial charge in [-0.3, -0.25) is 4.79 Å². The van der Waals surface area contributed by atoms with Gasteiger partial charge in [-0.15, -0.1) is 0 Å². The van der Waals surface area contributed by atoms with Crippen LogP contribution in [-0.4, -0.2) is 17.9 Å². The Morgan fingerprint density at radius 3 is 2.08 bits per heavy atom. The molecule has 3 heteroatoms. The Balaban J connectivity index is 2.53. The second-order valence-corrected chi connectivity index (χ2v) is 5.53.